The molecule has 20 heavy (non-hydrogen) atoms. The summed E-state index contributed by atoms with van der Waals surface area (Å²) < 4.78 is 0. The van der Waals surface area contributed by atoms with Crippen LogP contribution in [0.25, 0.3) is 0 Å². The molecule has 0 bridgehead atoms. The lowest BCUT2D eigenvalue weighted by atomic mass is 10.1. The molecule has 0 aliphatic carbocycles. The van der Waals surface area contributed by atoms with Crippen LogP contribution < -0.4 is 5.32 Å². The van der Waals surface area contributed by atoms with E-state index in [1.165, 1.54) is 37.9 Å². The fraction of sp³-hybridized carbons (Fsp3) is 0.467. The first kappa shape index (κ1) is 13.1. The second-order valence-electron chi connectivity index (χ2n) is 5.41. The van der Waals surface area contributed by atoms with E-state index in [0.29, 0.717) is 11.1 Å². The zero-order chi connectivity index (χ0) is 14.1. The van der Waals surface area contributed by atoms with E-state index >= 15 is 0 Å². The third-order valence-corrected chi connectivity index (χ3v) is 4.05. The smallest absolute Gasteiger partial charge is 0.261 e. The molecule has 1 fully saturated rings. The average molecular weight is 273 g/mol. The molecule has 1 saturated heterocycles. The SMILES string of the molecule is CN1C(=O)c2ccc(NCCN3CCCC3)cc2C1=O. The van der Waals surface area contributed by atoms with E-state index in [4.69, 9.17) is 0 Å². The number of amides is 2. The Morgan fingerprint density at radius 3 is 2.55 bits per heavy atom. The van der Waals surface area contributed by atoms with Gasteiger partial charge in [-0.1, -0.05) is 0 Å². The quantitative estimate of drug-likeness (QED) is 0.843. The Morgan fingerprint density at radius 1 is 1.10 bits per heavy atom. The predicted octanol–water partition coefficient (Wildman–Crippen LogP) is 1.42. The normalized spacial score (nSPS) is 18.8. The Morgan fingerprint density at radius 2 is 1.80 bits per heavy atom. The van der Waals surface area contributed by atoms with Crippen LogP contribution in [-0.4, -0.2) is 54.8 Å². The monoisotopic (exact) mass is 273 g/mol. The summed E-state index contributed by atoms with van der Waals surface area (Å²) in [5.74, 6) is -0.429. The third-order valence-electron chi connectivity index (χ3n) is 4.05. The molecule has 1 N–H and O–H groups in total. The number of benzene rings is 1. The number of nitrogens with zero attached hydrogens (tertiary/aromatic N) is 2. The van der Waals surface area contributed by atoms with Crippen molar-refractivity contribution in [3.05, 3.63) is 29.3 Å². The third kappa shape index (κ3) is 2.29. The molecule has 3 rings (SSSR count). The second kappa shape index (κ2) is 5.25. The summed E-state index contributed by atoms with van der Waals surface area (Å²) in [6.45, 7) is 4.24. The van der Waals surface area contributed by atoms with Gasteiger partial charge in [-0.05, 0) is 44.1 Å². The molecule has 1 aromatic rings. The van der Waals surface area contributed by atoms with Gasteiger partial charge in [-0.15, -0.1) is 0 Å². The molecule has 5 nitrogen and oxygen atoms in total. The molecular formula is C15H19N3O2. The van der Waals surface area contributed by atoms with Crippen molar-refractivity contribution in [1.82, 2.24) is 9.80 Å². The summed E-state index contributed by atoms with van der Waals surface area (Å²) in [5.41, 5.74) is 1.91. The molecule has 0 saturated carbocycles. The lowest BCUT2D eigenvalue weighted by Crippen LogP contribution is -2.26. The van der Waals surface area contributed by atoms with Crippen LogP contribution in [0.15, 0.2) is 18.2 Å². The van der Waals surface area contributed by atoms with E-state index in [2.05, 4.69) is 10.2 Å². The molecule has 5 heteroatoms. The standard InChI is InChI=1S/C15H19N3O2/c1-17-14(19)12-5-4-11(10-13(12)15(17)20)16-6-9-18-7-2-3-8-18/h4-5,10,16H,2-3,6-9H2,1H3. The van der Waals surface area contributed by atoms with Gasteiger partial charge in [0.25, 0.3) is 11.8 Å². The fourth-order valence-electron chi connectivity index (χ4n) is 2.84. The number of imide groups is 1. The van der Waals surface area contributed by atoms with Gasteiger partial charge in [-0.25, -0.2) is 0 Å². The summed E-state index contributed by atoms with van der Waals surface area (Å²) in [7, 11) is 1.52. The molecular weight excluding hydrogens is 254 g/mol. The summed E-state index contributed by atoms with van der Waals surface area (Å²) in [5, 5.41) is 3.33. The van der Waals surface area contributed by atoms with E-state index in [9.17, 15) is 9.59 Å². The van der Waals surface area contributed by atoms with Crippen molar-refractivity contribution in [2.24, 2.45) is 0 Å². The number of fused-ring (bicyclic) bond motifs is 1. The zero-order valence-corrected chi connectivity index (χ0v) is 11.7. The van der Waals surface area contributed by atoms with Crippen LogP contribution in [0, 0.1) is 0 Å². The lowest BCUT2D eigenvalue weighted by molar-refractivity contribution is 0.0693. The summed E-state index contributed by atoms with van der Waals surface area (Å²) >= 11 is 0. The fourth-order valence-corrected chi connectivity index (χ4v) is 2.84. The minimum atomic E-state index is -0.215. The summed E-state index contributed by atoms with van der Waals surface area (Å²) in [6, 6.07) is 5.38. The van der Waals surface area contributed by atoms with Gasteiger partial charge in [0.15, 0.2) is 0 Å². The number of anilines is 1. The van der Waals surface area contributed by atoms with E-state index in [0.717, 1.165) is 18.8 Å². The molecule has 2 heterocycles. The Hall–Kier alpha value is -1.88. The van der Waals surface area contributed by atoms with Crippen molar-refractivity contribution in [3.8, 4) is 0 Å². The molecule has 2 amide bonds. The van der Waals surface area contributed by atoms with Crippen molar-refractivity contribution >= 4 is 17.5 Å². The van der Waals surface area contributed by atoms with E-state index < -0.39 is 0 Å². The number of rotatable bonds is 4. The number of hydrogen-bond acceptors (Lipinski definition) is 4. The van der Waals surface area contributed by atoms with Gasteiger partial charge in [0.1, 0.15) is 0 Å². The number of likely N-dealkylation sites (tertiary alicyclic amines) is 1. The largest absolute Gasteiger partial charge is 0.384 e. The van der Waals surface area contributed by atoms with Crippen molar-refractivity contribution in [1.29, 1.82) is 0 Å². The highest BCUT2D eigenvalue weighted by molar-refractivity contribution is 6.21. The van der Waals surface area contributed by atoms with Crippen molar-refractivity contribution in [2.45, 2.75) is 12.8 Å². The maximum Gasteiger partial charge on any atom is 0.261 e. The van der Waals surface area contributed by atoms with Gasteiger partial charge in [-0.2, -0.15) is 0 Å². The highest BCUT2D eigenvalue weighted by Crippen LogP contribution is 2.24. The molecule has 106 valence electrons. The molecule has 0 radical (unpaired) electrons. The Labute approximate surface area is 118 Å². The molecule has 2 aliphatic heterocycles. The van der Waals surface area contributed by atoms with Crippen molar-refractivity contribution in [3.63, 3.8) is 0 Å². The van der Waals surface area contributed by atoms with E-state index in [1.807, 2.05) is 6.07 Å². The van der Waals surface area contributed by atoms with Crippen LogP contribution in [-0.2, 0) is 0 Å². The van der Waals surface area contributed by atoms with Gasteiger partial charge in [0.05, 0.1) is 11.1 Å². The van der Waals surface area contributed by atoms with Gasteiger partial charge >= 0.3 is 0 Å². The van der Waals surface area contributed by atoms with Gasteiger partial charge in [0, 0.05) is 25.8 Å². The summed E-state index contributed by atoms with van der Waals surface area (Å²) in [4.78, 5) is 27.3. The van der Waals surface area contributed by atoms with Crippen molar-refractivity contribution < 1.29 is 9.59 Å². The van der Waals surface area contributed by atoms with Crippen molar-refractivity contribution in [2.75, 3.05) is 38.5 Å². The van der Waals surface area contributed by atoms with Crippen LogP contribution in [0.3, 0.4) is 0 Å². The maximum absolute atomic E-state index is 11.9. The molecule has 2 aliphatic rings. The first-order valence-electron chi connectivity index (χ1n) is 7.09. The van der Waals surface area contributed by atoms with Crippen LogP contribution >= 0.6 is 0 Å². The van der Waals surface area contributed by atoms with Crippen LogP contribution in [0.5, 0.6) is 0 Å². The highest BCUT2D eigenvalue weighted by atomic mass is 16.2. The van der Waals surface area contributed by atoms with Gasteiger partial charge in [-0.3, -0.25) is 14.5 Å². The number of carbonyl (C=O) groups is 2. The highest BCUT2D eigenvalue weighted by Gasteiger charge is 2.32. The summed E-state index contributed by atoms with van der Waals surface area (Å²) in [6.07, 6.45) is 2.59. The minimum Gasteiger partial charge on any atom is -0.384 e. The van der Waals surface area contributed by atoms with Crippen LogP contribution in [0.2, 0.25) is 0 Å². The minimum absolute atomic E-state index is 0.214. The maximum atomic E-state index is 11.9. The Balaban J connectivity index is 1.64. The molecule has 0 spiro atoms. The van der Waals surface area contributed by atoms with Crippen LogP contribution in [0.4, 0.5) is 5.69 Å². The Bertz CT molecular complexity index is 550. The van der Waals surface area contributed by atoms with Crippen LogP contribution in [0.1, 0.15) is 33.6 Å². The molecule has 0 atom stereocenters. The number of carbonyl (C=O) groups excluding carboxylic acids is 2. The Kier molecular flexibility index (Phi) is 3.44. The van der Waals surface area contributed by atoms with Gasteiger partial charge < -0.3 is 10.2 Å². The predicted molar refractivity (Wildman–Crippen MR) is 77.0 cm³/mol. The lowest BCUT2D eigenvalue weighted by Gasteiger charge is -2.15. The topological polar surface area (TPSA) is 52.7 Å². The number of hydrogen-bond donors (Lipinski definition) is 1. The first-order valence-corrected chi connectivity index (χ1v) is 7.09. The average Bonchev–Trinajstić information content (AvgIpc) is 3.04. The van der Waals surface area contributed by atoms with E-state index in [-0.39, 0.29) is 11.8 Å². The molecule has 0 unspecified atom stereocenters. The molecule has 1 aromatic carbocycles. The van der Waals surface area contributed by atoms with E-state index in [1.54, 1.807) is 12.1 Å². The molecule has 0 aromatic heterocycles. The first-order chi connectivity index (χ1) is 9.66. The van der Waals surface area contributed by atoms with Gasteiger partial charge in [0.2, 0.25) is 0 Å². The zero-order valence-electron chi connectivity index (χ0n) is 11.7. The number of nitrogens with one attached hydrogen (secondary N) is 1. The second-order valence-corrected chi connectivity index (χ2v) is 5.41.